The van der Waals surface area contributed by atoms with Crippen molar-refractivity contribution in [1.82, 2.24) is 10.3 Å². The summed E-state index contributed by atoms with van der Waals surface area (Å²) in [4.78, 5) is 6.74. The lowest BCUT2D eigenvalue weighted by Crippen LogP contribution is -2.29. The van der Waals surface area contributed by atoms with Gasteiger partial charge in [0.15, 0.2) is 0 Å². The predicted octanol–water partition coefficient (Wildman–Crippen LogP) is 2.69. The summed E-state index contributed by atoms with van der Waals surface area (Å²) in [5.74, 6) is 0.976. The Morgan fingerprint density at radius 1 is 1.50 bits per heavy atom. The van der Waals surface area contributed by atoms with E-state index >= 15 is 0 Å². The smallest absolute Gasteiger partial charge is 0.128 e. The SMILES string of the molecule is CCC(C)N(C)c1ccc(Cl)c(CNC)n1. The third-order valence-corrected chi connectivity index (χ3v) is 3.21. The maximum Gasteiger partial charge on any atom is 0.128 e. The third-order valence-electron chi connectivity index (χ3n) is 2.86. The predicted molar refractivity (Wildman–Crippen MR) is 70.2 cm³/mol. The van der Waals surface area contributed by atoms with E-state index in [4.69, 9.17) is 11.6 Å². The number of hydrogen-bond acceptors (Lipinski definition) is 3. The zero-order valence-electron chi connectivity index (χ0n) is 10.4. The van der Waals surface area contributed by atoms with Gasteiger partial charge in [-0.3, -0.25) is 0 Å². The van der Waals surface area contributed by atoms with Crippen LogP contribution >= 0.6 is 11.6 Å². The highest BCUT2D eigenvalue weighted by Gasteiger charge is 2.11. The maximum atomic E-state index is 6.07. The van der Waals surface area contributed by atoms with Crippen molar-refractivity contribution in [1.29, 1.82) is 0 Å². The van der Waals surface area contributed by atoms with Crippen molar-refractivity contribution in [2.45, 2.75) is 32.9 Å². The van der Waals surface area contributed by atoms with Crippen LogP contribution in [0.25, 0.3) is 0 Å². The molecule has 0 saturated heterocycles. The molecule has 0 radical (unpaired) electrons. The lowest BCUT2D eigenvalue weighted by Gasteiger charge is -2.25. The average Bonchev–Trinajstić information content (AvgIpc) is 2.30. The molecule has 0 aliphatic rings. The molecule has 0 aromatic carbocycles. The first kappa shape index (κ1) is 13.3. The van der Waals surface area contributed by atoms with Gasteiger partial charge in [0.1, 0.15) is 5.82 Å². The first-order chi connectivity index (χ1) is 7.60. The van der Waals surface area contributed by atoms with Gasteiger partial charge in [0.05, 0.1) is 10.7 Å². The summed E-state index contributed by atoms with van der Waals surface area (Å²) >= 11 is 6.07. The van der Waals surface area contributed by atoms with E-state index in [0.717, 1.165) is 23.0 Å². The summed E-state index contributed by atoms with van der Waals surface area (Å²) in [5.41, 5.74) is 0.900. The van der Waals surface area contributed by atoms with Gasteiger partial charge in [0, 0.05) is 19.6 Å². The summed E-state index contributed by atoms with van der Waals surface area (Å²) in [6.45, 7) is 5.06. The van der Waals surface area contributed by atoms with E-state index in [9.17, 15) is 0 Å². The van der Waals surface area contributed by atoms with Crippen LogP contribution in [0.5, 0.6) is 0 Å². The molecule has 0 spiro atoms. The Hall–Kier alpha value is -0.800. The monoisotopic (exact) mass is 241 g/mol. The molecule has 4 heteroatoms. The van der Waals surface area contributed by atoms with Crippen LogP contribution in [0.2, 0.25) is 5.02 Å². The van der Waals surface area contributed by atoms with Crippen LogP contribution in [0.1, 0.15) is 26.0 Å². The van der Waals surface area contributed by atoms with Gasteiger partial charge in [-0.2, -0.15) is 0 Å². The molecule has 1 atom stereocenters. The largest absolute Gasteiger partial charge is 0.357 e. The van der Waals surface area contributed by atoms with Crippen LogP contribution in [0.3, 0.4) is 0 Å². The molecule has 0 fully saturated rings. The van der Waals surface area contributed by atoms with Crippen LogP contribution in [0.4, 0.5) is 5.82 Å². The Morgan fingerprint density at radius 2 is 2.19 bits per heavy atom. The first-order valence-corrected chi connectivity index (χ1v) is 6.00. The van der Waals surface area contributed by atoms with E-state index < -0.39 is 0 Å². The van der Waals surface area contributed by atoms with Gasteiger partial charge >= 0.3 is 0 Å². The van der Waals surface area contributed by atoms with Gasteiger partial charge in [0.2, 0.25) is 0 Å². The van der Waals surface area contributed by atoms with E-state index in [1.54, 1.807) is 0 Å². The highest BCUT2D eigenvalue weighted by atomic mass is 35.5. The molecule has 1 unspecified atom stereocenters. The fourth-order valence-electron chi connectivity index (χ4n) is 1.46. The molecule has 1 aromatic rings. The van der Waals surface area contributed by atoms with Crippen molar-refractivity contribution < 1.29 is 0 Å². The van der Waals surface area contributed by atoms with Gasteiger partial charge in [-0.15, -0.1) is 0 Å². The lowest BCUT2D eigenvalue weighted by atomic mass is 10.2. The van der Waals surface area contributed by atoms with Crippen LogP contribution < -0.4 is 10.2 Å². The molecular formula is C12H20ClN3. The van der Waals surface area contributed by atoms with Gasteiger partial charge in [-0.25, -0.2) is 4.98 Å². The van der Waals surface area contributed by atoms with Crippen molar-refractivity contribution in [2.75, 3.05) is 19.0 Å². The normalized spacial score (nSPS) is 12.6. The molecule has 1 aromatic heterocycles. The summed E-state index contributed by atoms with van der Waals surface area (Å²) in [5, 5.41) is 3.79. The van der Waals surface area contributed by atoms with Crippen LogP contribution in [-0.4, -0.2) is 25.1 Å². The van der Waals surface area contributed by atoms with Crippen molar-refractivity contribution >= 4 is 17.4 Å². The fourth-order valence-corrected chi connectivity index (χ4v) is 1.63. The zero-order chi connectivity index (χ0) is 12.1. The minimum absolute atomic E-state index is 0.483. The molecule has 0 aliphatic carbocycles. The van der Waals surface area contributed by atoms with Gasteiger partial charge in [-0.05, 0) is 32.5 Å². The van der Waals surface area contributed by atoms with Crippen LogP contribution in [0, 0.1) is 0 Å². The van der Waals surface area contributed by atoms with Crippen molar-refractivity contribution in [3.8, 4) is 0 Å². The lowest BCUT2D eigenvalue weighted by molar-refractivity contribution is 0.654. The van der Waals surface area contributed by atoms with E-state index in [-0.39, 0.29) is 0 Å². The Kier molecular flexibility index (Phi) is 5.03. The second-order valence-corrected chi connectivity index (χ2v) is 4.40. The minimum atomic E-state index is 0.483. The molecular weight excluding hydrogens is 222 g/mol. The number of hydrogen-bond donors (Lipinski definition) is 1. The molecule has 1 N–H and O–H groups in total. The van der Waals surface area contributed by atoms with Gasteiger partial charge in [0.25, 0.3) is 0 Å². The maximum absolute atomic E-state index is 6.07. The second kappa shape index (κ2) is 6.06. The number of aromatic nitrogens is 1. The average molecular weight is 242 g/mol. The van der Waals surface area contributed by atoms with Crippen LogP contribution in [0.15, 0.2) is 12.1 Å². The standard InChI is InChI=1S/C12H20ClN3/c1-5-9(2)16(4)12-7-6-10(13)11(15-12)8-14-3/h6-7,9,14H,5,8H2,1-4H3. The number of nitrogens with zero attached hydrogens (tertiary/aromatic N) is 2. The number of nitrogens with one attached hydrogen (secondary N) is 1. The molecule has 16 heavy (non-hydrogen) atoms. The van der Waals surface area contributed by atoms with Crippen molar-refractivity contribution in [3.63, 3.8) is 0 Å². The molecule has 0 bridgehead atoms. The number of halogens is 1. The second-order valence-electron chi connectivity index (χ2n) is 4.00. The summed E-state index contributed by atoms with van der Waals surface area (Å²) in [6.07, 6.45) is 1.10. The molecule has 1 heterocycles. The van der Waals surface area contributed by atoms with E-state index in [1.807, 2.05) is 19.2 Å². The minimum Gasteiger partial charge on any atom is -0.357 e. The molecule has 1 rings (SSSR count). The quantitative estimate of drug-likeness (QED) is 0.859. The molecule has 3 nitrogen and oxygen atoms in total. The third kappa shape index (κ3) is 3.09. The van der Waals surface area contributed by atoms with E-state index in [1.165, 1.54) is 0 Å². The Bertz CT molecular complexity index is 341. The molecule has 0 aliphatic heterocycles. The van der Waals surface area contributed by atoms with E-state index in [2.05, 4.69) is 36.1 Å². The van der Waals surface area contributed by atoms with Crippen molar-refractivity contribution in [2.24, 2.45) is 0 Å². The Balaban J connectivity index is 2.93. The Morgan fingerprint density at radius 3 is 2.75 bits per heavy atom. The van der Waals surface area contributed by atoms with Gasteiger partial charge < -0.3 is 10.2 Å². The van der Waals surface area contributed by atoms with Crippen molar-refractivity contribution in [3.05, 3.63) is 22.8 Å². The highest BCUT2D eigenvalue weighted by molar-refractivity contribution is 6.31. The molecule has 0 saturated carbocycles. The summed E-state index contributed by atoms with van der Waals surface area (Å²) in [7, 11) is 3.95. The van der Waals surface area contributed by atoms with Crippen LogP contribution in [-0.2, 0) is 6.54 Å². The number of anilines is 1. The zero-order valence-corrected chi connectivity index (χ0v) is 11.2. The number of pyridine rings is 1. The molecule has 0 amide bonds. The Labute approximate surface area is 103 Å². The highest BCUT2D eigenvalue weighted by Crippen LogP contribution is 2.20. The topological polar surface area (TPSA) is 28.2 Å². The van der Waals surface area contributed by atoms with Gasteiger partial charge in [-0.1, -0.05) is 18.5 Å². The summed E-state index contributed by atoms with van der Waals surface area (Å²) < 4.78 is 0. The fraction of sp³-hybridized carbons (Fsp3) is 0.583. The summed E-state index contributed by atoms with van der Waals surface area (Å²) in [6, 6.07) is 4.36. The van der Waals surface area contributed by atoms with E-state index in [0.29, 0.717) is 12.6 Å². The first-order valence-electron chi connectivity index (χ1n) is 5.63. The molecule has 90 valence electrons. The number of rotatable bonds is 5.